The molecule has 3 rings (SSSR count). The largest absolute Gasteiger partial charge is 0.257 e. The van der Waals surface area contributed by atoms with Crippen molar-refractivity contribution in [3.05, 3.63) is 59.9 Å². The molecule has 2 aromatic heterocycles. The molecule has 1 aromatic carbocycles. The Labute approximate surface area is 121 Å². The van der Waals surface area contributed by atoms with Crippen molar-refractivity contribution in [2.24, 2.45) is 0 Å². The van der Waals surface area contributed by atoms with Crippen LogP contribution in [0.3, 0.4) is 0 Å². The van der Waals surface area contributed by atoms with E-state index >= 15 is 0 Å². The van der Waals surface area contributed by atoms with E-state index in [4.69, 9.17) is 0 Å². The number of benzene rings is 1. The number of hydrogen-bond acceptors (Lipinski definition) is 5. The standard InChI is InChI=1S/C14H13N5S/c1-11-6-5-7-12(15-11)10-20-14-16-17-18-19(14)13-8-3-2-4-9-13/h2-9H,10H2,1H3. The molecule has 0 saturated carbocycles. The number of nitrogens with zero attached hydrogens (tertiary/aromatic N) is 5. The highest BCUT2D eigenvalue weighted by molar-refractivity contribution is 7.98. The molecule has 5 nitrogen and oxygen atoms in total. The zero-order valence-corrected chi connectivity index (χ0v) is 11.8. The third-order valence-electron chi connectivity index (χ3n) is 2.74. The number of pyridine rings is 1. The zero-order chi connectivity index (χ0) is 13.8. The normalized spacial score (nSPS) is 10.7. The summed E-state index contributed by atoms with van der Waals surface area (Å²) in [5.74, 6) is 0.745. The molecular weight excluding hydrogens is 270 g/mol. The summed E-state index contributed by atoms with van der Waals surface area (Å²) in [6.07, 6.45) is 0. The molecule has 3 aromatic rings. The number of aryl methyl sites for hydroxylation is 1. The van der Waals surface area contributed by atoms with Crippen LogP contribution in [0.15, 0.2) is 53.7 Å². The van der Waals surface area contributed by atoms with E-state index in [0.29, 0.717) is 0 Å². The van der Waals surface area contributed by atoms with Gasteiger partial charge in [-0.1, -0.05) is 36.0 Å². The molecule has 100 valence electrons. The van der Waals surface area contributed by atoms with Gasteiger partial charge < -0.3 is 0 Å². The van der Waals surface area contributed by atoms with Crippen molar-refractivity contribution in [1.29, 1.82) is 0 Å². The minimum atomic E-state index is 0.745. The summed E-state index contributed by atoms with van der Waals surface area (Å²) < 4.78 is 1.74. The Morgan fingerprint density at radius 2 is 1.90 bits per heavy atom. The van der Waals surface area contributed by atoms with E-state index in [1.807, 2.05) is 55.5 Å². The first-order valence-electron chi connectivity index (χ1n) is 6.22. The fraction of sp³-hybridized carbons (Fsp3) is 0.143. The number of rotatable bonds is 4. The van der Waals surface area contributed by atoms with E-state index in [-0.39, 0.29) is 0 Å². The summed E-state index contributed by atoms with van der Waals surface area (Å²) in [6.45, 7) is 1.99. The minimum Gasteiger partial charge on any atom is -0.257 e. The molecule has 0 radical (unpaired) electrons. The van der Waals surface area contributed by atoms with E-state index < -0.39 is 0 Å². The number of aromatic nitrogens is 5. The summed E-state index contributed by atoms with van der Waals surface area (Å²) in [5.41, 5.74) is 3.00. The Morgan fingerprint density at radius 1 is 1.05 bits per heavy atom. The molecule has 0 aliphatic heterocycles. The highest BCUT2D eigenvalue weighted by Gasteiger charge is 2.09. The van der Waals surface area contributed by atoms with Gasteiger partial charge in [-0.2, -0.15) is 4.68 Å². The Bertz CT molecular complexity index is 696. The molecule has 2 heterocycles. The van der Waals surface area contributed by atoms with Gasteiger partial charge in [-0.25, -0.2) is 0 Å². The zero-order valence-electron chi connectivity index (χ0n) is 11.0. The average Bonchev–Trinajstić information content (AvgIpc) is 2.95. The lowest BCUT2D eigenvalue weighted by atomic mass is 10.3. The van der Waals surface area contributed by atoms with Crippen molar-refractivity contribution in [3.8, 4) is 5.69 Å². The quantitative estimate of drug-likeness (QED) is 0.689. The summed E-state index contributed by atoms with van der Waals surface area (Å²) in [5, 5.41) is 12.6. The first kappa shape index (κ1) is 12.8. The first-order chi connectivity index (χ1) is 9.83. The van der Waals surface area contributed by atoms with Crippen LogP contribution < -0.4 is 0 Å². The van der Waals surface area contributed by atoms with E-state index in [1.165, 1.54) is 0 Å². The van der Waals surface area contributed by atoms with Crippen molar-refractivity contribution in [2.45, 2.75) is 17.8 Å². The van der Waals surface area contributed by atoms with Crippen molar-refractivity contribution < 1.29 is 0 Å². The summed E-state index contributed by atoms with van der Waals surface area (Å²) >= 11 is 1.57. The van der Waals surface area contributed by atoms with Gasteiger partial charge in [0.05, 0.1) is 11.4 Å². The maximum atomic E-state index is 4.48. The second kappa shape index (κ2) is 5.83. The maximum absolute atomic E-state index is 4.48. The van der Waals surface area contributed by atoms with Gasteiger partial charge in [-0.05, 0) is 41.6 Å². The van der Waals surface area contributed by atoms with Crippen LogP contribution in [0.1, 0.15) is 11.4 Å². The SMILES string of the molecule is Cc1cccc(CSc2nnnn2-c2ccccc2)n1. The van der Waals surface area contributed by atoms with Crippen LogP contribution in [0.5, 0.6) is 0 Å². The Hall–Kier alpha value is -2.21. The number of para-hydroxylation sites is 1. The van der Waals surface area contributed by atoms with Gasteiger partial charge in [0.15, 0.2) is 0 Å². The molecule has 20 heavy (non-hydrogen) atoms. The van der Waals surface area contributed by atoms with Crippen molar-refractivity contribution >= 4 is 11.8 Å². The van der Waals surface area contributed by atoms with Crippen molar-refractivity contribution in [2.75, 3.05) is 0 Å². The molecule has 0 saturated heterocycles. The van der Waals surface area contributed by atoms with Crippen LogP contribution in [0.4, 0.5) is 0 Å². The Balaban J connectivity index is 1.78. The molecular formula is C14H13N5S. The van der Waals surface area contributed by atoms with Gasteiger partial charge in [0.2, 0.25) is 5.16 Å². The Kier molecular flexibility index (Phi) is 3.73. The molecule has 0 spiro atoms. The molecule has 0 atom stereocenters. The maximum Gasteiger partial charge on any atom is 0.214 e. The molecule has 0 unspecified atom stereocenters. The van der Waals surface area contributed by atoms with Gasteiger partial charge in [0.25, 0.3) is 0 Å². The number of tetrazole rings is 1. The van der Waals surface area contributed by atoms with Crippen molar-refractivity contribution in [1.82, 2.24) is 25.2 Å². The van der Waals surface area contributed by atoms with Crippen LogP contribution in [0.2, 0.25) is 0 Å². The van der Waals surface area contributed by atoms with Gasteiger partial charge in [0, 0.05) is 11.4 Å². The van der Waals surface area contributed by atoms with Gasteiger partial charge in [-0.15, -0.1) is 5.10 Å². The molecule has 0 fully saturated rings. The third kappa shape index (κ3) is 2.85. The van der Waals surface area contributed by atoms with E-state index in [2.05, 4.69) is 20.5 Å². The molecule has 0 bridgehead atoms. The highest BCUT2D eigenvalue weighted by Crippen LogP contribution is 2.21. The lowest BCUT2D eigenvalue weighted by Gasteiger charge is -2.04. The van der Waals surface area contributed by atoms with E-state index in [0.717, 1.165) is 28.0 Å². The number of thioether (sulfide) groups is 1. The highest BCUT2D eigenvalue weighted by atomic mass is 32.2. The number of hydrogen-bond donors (Lipinski definition) is 0. The predicted molar refractivity (Wildman–Crippen MR) is 77.7 cm³/mol. The van der Waals surface area contributed by atoms with E-state index in [9.17, 15) is 0 Å². The second-order valence-corrected chi connectivity index (χ2v) is 5.21. The van der Waals surface area contributed by atoms with Crippen LogP contribution in [0.25, 0.3) is 5.69 Å². The molecule has 0 aliphatic carbocycles. The van der Waals surface area contributed by atoms with Crippen LogP contribution in [0, 0.1) is 6.92 Å². The van der Waals surface area contributed by atoms with Crippen LogP contribution in [-0.4, -0.2) is 25.2 Å². The van der Waals surface area contributed by atoms with E-state index in [1.54, 1.807) is 16.4 Å². The van der Waals surface area contributed by atoms with Crippen molar-refractivity contribution in [3.63, 3.8) is 0 Å². The van der Waals surface area contributed by atoms with Gasteiger partial charge in [-0.3, -0.25) is 4.98 Å². The lowest BCUT2D eigenvalue weighted by Crippen LogP contribution is -1.99. The topological polar surface area (TPSA) is 56.5 Å². The lowest BCUT2D eigenvalue weighted by molar-refractivity contribution is 0.756. The summed E-state index contributed by atoms with van der Waals surface area (Å²) in [7, 11) is 0. The van der Waals surface area contributed by atoms with Gasteiger partial charge >= 0.3 is 0 Å². The summed E-state index contributed by atoms with van der Waals surface area (Å²) in [6, 6.07) is 15.9. The van der Waals surface area contributed by atoms with Crippen LogP contribution >= 0.6 is 11.8 Å². The molecule has 0 amide bonds. The van der Waals surface area contributed by atoms with Crippen LogP contribution in [-0.2, 0) is 5.75 Å². The fourth-order valence-electron chi connectivity index (χ4n) is 1.82. The van der Waals surface area contributed by atoms with Gasteiger partial charge in [0.1, 0.15) is 0 Å². The second-order valence-electron chi connectivity index (χ2n) is 4.27. The molecule has 0 N–H and O–H groups in total. The third-order valence-corrected chi connectivity index (χ3v) is 3.69. The smallest absolute Gasteiger partial charge is 0.214 e. The monoisotopic (exact) mass is 283 g/mol. The first-order valence-corrected chi connectivity index (χ1v) is 7.20. The predicted octanol–water partition coefficient (Wildman–Crippen LogP) is 2.66. The average molecular weight is 283 g/mol. The summed E-state index contributed by atoms with van der Waals surface area (Å²) in [4.78, 5) is 4.48. The fourth-order valence-corrected chi connectivity index (χ4v) is 2.61. The molecule has 6 heteroatoms. The molecule has 0 aliphatic rings. The Morgan fingerprint density at radius 3 is 2.70 bits per heavy atom. The minimum absolute atomic E-state index is 0.745.